The fourth-order valence-corrected chi connectivity index (χ4v) is 3.77. The van der Waals surface area contributed by atoms with E-state index in [1.54, 1.807) is 6.07 Å². The zero-order valence-corrected chi connectivity index (χ0v) is 12.9. The van der Waals surface area contributed by atoms with Crippen molar-refractivity contribution in [3.05, 3.63) is 41.3 Å². The highest BCUT2D eigenvalue weighted by Crippen LogP contribution is 2.35. The van der Waals surface area contributed by atoms with Gasteiger partial charge in [0.25, 0.3) is 0 Å². The first-order valence-corrected chi connectivity index (χ1v) is 8.20. The molecule has 1 fully saturated rings. The molecular weight excluding hydrogens is 298 g/mol. The number of carbonyl (C=O) groups is 2. The summed E-state index contributed by atoms with van der Waals surface area (Å²) in [6.07, 6.45) is 3.93. The summed E-state index contributed by atoms with van der Waals surface area (Å²) in [5.74, 6) is -1.05. The first kappa shape index (κ1) is 14.8. The Labute approximate surface area is 132 Å². The van der Waals surface area contributed by atoms with Crippen molar-refractivity contribution < 1.29 is 14.7 Å². The van der Waals surface area contributed by atoms with Crippen LogP contribution in [-0.2, 0) is 4.79 Å². The number of carboxylic acid groups (broad SMARTS) is 1. The number of hydrogen-bond donors (Lipinski definition) is 2. The minimum absolute atomic E-state index is 0.0155. The molecular formula is C17H17NO3S. The number of carboxylic acids is 1. The van der Waals surface area contributed by atoms with E-state index in [4.69, 9.17) is 0 Å². The fourth-order valence-electron chi connectivity index (χ4n) is 2.81. The van der Waals surface area contributed by atoms with Crippen molar-refractivity contribution in [1.82, 2.24) is 0 Å². The van der Waals surface area contributed by atoms with Crippen molar-refractivity contribution in [3.8, 4) is 10.4 Å². The second kappa shape index (κ2) is 6.32. The Morgan fingerprint density at radius 3 is 2.45 bits per heavy atom. The molecule has 0 spiro atoms. The van der Waals surface area contributed by atoms with Crippen LogP contribution < -0.4 is 5.32 Å². The van der Waals surface area contributed by atoms with Gasteiger partial charge in [0, 0.05) is 10.8 Å². The van der Waals surface area contributed by atoms with Crippen LogP contribution in [0.3, 0.4) is 0 Å². The van der Waals surface area contributed by atoms with E-state index in [-0.39, 0.29) is 16.7 Å². The average Bonchev–Trinajstić information content (AvgIpc) is 3.17. The van der Waals surface area contributed by atoms with Gasteiger partial charge in [-0.1, -0.05) is 43.2 Å². The number of nitrogens with one attached hydrogen (secondary N) is 1. The lowest BCUT2D eigenvalue weighted by Crippen LogP contribution is -2.21. The summed E-state index contributed by atoms with van der Waals surface area (Å²) in [6, 6.07) is 11.4. The molecule has 1 saturated carbocycles. The number of rotatable bonds is 4. The van der Waals surface area contributed by atoms with Crippen LogP contribution in [-0.4, -0.2) is 17.0 Å². The molecule has 0 unspecified atom stereocenters. The van der Waals surface area contributed by atoms with E-state index in [0.717, 1.165) is 36.1 Å². The zero-order valence-electron chi connectivity index (χ0n) is 12.0. The van der Waals surface area contributed by atoms with Gasteiger partial charge >= 0.3 is 5.97 Å². The maximum Gasteiger partial charge on any atom is 0.348 e. The van der Waals surface area contributed by atoms with Gasteiger partial charge in [0.2, 0.25) is 5.91 Å². The average molecular weight is 315 g/mol. The molecule has 114 valence electrons. The molecule has 0 bridgehead atoms. The number of anilines is 1. The van der Waals surface area contributed by atoms with Gasteiger partial charge in [0.15, 0.2) is 0 Å². The van der Waals surface area contributed by atoms with Crippen LogP contribution in [0.15, 0.2) is 36.4 Å². The minimum Gasteiger partial charge on any atom is -0.477 e. The highest BCUT2D eigenvalue weighted by Gasteiger charge is 2.25. The number of aromatic carboxylic acids is 1. The molecule has 5 heteroatoms. The summed E-state index contributed by atoms with van der Waals surface area (Å²) in [4.78, 5) is 24.7. The molecule has 1 aliphatic carbocycles. The van der Waals surface area contributed by atoms with E-state index in [9.17, 15) is 14.7 Å². The molecule has 0 saturated heterocycles. The number of hydrogen-bond acceptors (Lipinski definition) is 3. The van der Waals surface area contributed by atoms with Crippen LogP contribution in [0.1, 0.15) is 35.4 Å². The summed E-state index contributed by atoms with van der Waals surface area (Å²) >= 11 is 1.19. The second-order valence-electron chi connectivity index (χ2n) is 5.50. The molecule has 0 atom stereocenters. The molecule has 1 amide bonds. The Bertz CT molecular complexity index is 687. The topological polar surface area (TPSA) is 66.4 Å². The minimum atomic E-state index is -1.01. The predicted octanol–water partition coefficient (Wildman–Crippen LogP) is 4.24. The number of benzene rings is 1. The van der Waals surface area contributed by atoms with Gasteiger partial charge < -0.3 is 10.4 Å². The number of thiophene rings is 1. The van der Waals surface area contributed by atoms with Gasteiger partial charge in [-0.3, -0.25) is 4.79 Å². The molecule has 0 radical (unpaired) electrons. The molecule has 1 aliphatic rings. The van der Waals surface area contributed by atoms with Crippen molar-refractivity contribution >= 4 is 28.9 Å². The van der Waals surface area contributed by atoms with E-state index in [1.165, 1.54) is 11.3 Å². The van der Waals surface area contributed by atoms with Crippen LogP contribution in [0.2, 0.25) is 0 Å². The first-order chi connectivity index (χ1) is 10.6. The van der Waals surface area contributed by atoms with Crippen molar-refractivity contribution in [2.75, 3.05) is 5.32 Å². The predicted molar refractivity (Wildman–Crippen MR) is 87.3 cm³/mol. The first-order valence-electron chi connectivity index (χ1n) is 7.38. The normalized spacial score (nSPS) is 14.9. The van der Waals surface area contributed by atoms with E-state index >= 15 is 0 Å². The maximum absolute atomic E-state index is 12.2. The van der Waals surface area contributed by atoms with Crippen LogP contribution in [0.25, 0.3) is 10.4 Å². The summed E-state index contributed by atoms with van der Waals surface area (Å²) in [5.41, 5.74) is 1.37. The van der Waals surface area contributed by atoms with Gasteiger partial charge in [-0.05, 0) is 24.5 Å². The van der Waals surface area contributed by atoms with Crippen molar-refractivity contribution in [2.24, 2.45) is 5.92 Å². The summed E-state index contributed by atoms with van der Waals surface area (Å²) in [6.45, 7) is 0. The molecule has 3 rings (SSSR count). The largest absolute Gasteiger partial charge is 0.477 e. The molecule has 1 aromatic heterocycles. The Hall–Kier alpha value is -2.14. The summed E-state index contributed by atoms with van der Waals surface area (Å²) < 4.78 is 0. The second-order valence-corrected chi connectivity index (χ2v) is 6.55. The monoisotopic (exact) mass is 315 g/mol. The highest BCUT2D eigenvalue weighted by atomic mass is 32.1. The number of amides is 1. The Morgan fingerprint density at radius 2 is 1.82 bits per heavy atom. The quantitative estimate of drug-likeness (QED) is 0.886. The molecule has 0 aliphatic heterocycles. The fraction of sp³-hybridized carbons (Fsp3) is 0.294. The van der Waals surface area contributed by atoms with Gasteiger partial charge in [-0.25, -0.2) is 4.79 Å². The van der Waals surface area contributed by atoms with Gasteiger partial charge in [-0.15, -0.1) is 11.3 Å². The Morgan fingerprint density at radius 1 is 1.14 bits per heavy atom. The third-order valence-electron chi connectivity index (χ3n) is 3.97. The molecule has 22 heavy (non-hydrogen) atoms. The Balaban J connectivity index is 1.87. The summed E-state index contributed by atoms with van der Waals surface area (Å²) in [7, 11) is 0. The molecule has 2 aromatic rings. The smallest absolute Gasteiger partial charge is 0.348 e. The van der Waals surface area contributed by atoms with Crippen LogP contribution in [0.4, 0.5) is 5.69 Å². The van der Waals surface area contributed by atoms with Gasteiger partial charge in [-0.2, -0.15) is 0 Å². The highest BCUT2D eigenvalue weighted by molar-refractivity contribution is 7.18. The molecule has 1 heterocycles. The lowest BCUT2D eigenvalue weighted by atomic mass is 10.1. The van der Waals surface area contributed by atoms with E-state index in [1.807, 2.05) is 30.3 Å². The summed E-state index contributed by atoms with van der Waals surface area (Å²) in [5, 5.41) is 12.2. The van der Waals surface area contributed by atoms with Crippen LogP contribution >= 0.6 is 11.3 Å². The Kier molecular flexibility index (Phi) is 4.24. The third-order valence-corrected chi connectivity index (χ3v) is 5.14. The molecule has 4 nitrogen and oxygen atoms in total. The van der Waals surface area contributed by atoms with Crippen molar-refractivity contribution in [3.63, 3.8) is 0 Å². The zero-order chi connectivity index (χ0) is 15.5. The van der Waals surface area contributed by atoms with E-state index in [2.05, 4.69) is 5.32 Å². The SMILES string of the molecule is O=C(O)c1sc(-c2ccccc2)cc1NC(=O)C1CCCC1. The van der Waals surface area contributed by atoms with Gasteiger partial charge in [0.1, 0.15) is 4.88 Å². The van der Waals surface area contributed by atoms with Crippen LogP contribution in [0, 0.1) is 5.92 Å². The van der Waals surface area contributed by atoms with Gasteiger partial charge in [0.05, 0.1) is 5.69 Å². The molecule has 2 N–H and O–H groups in total. The van der Waals surface area contributed by atoms with Crippen molar-refractivity contribution in [2.45, 2.75) is 25.7 Å². The van der Waals surface area contributed by atoms with E-state index in [0.29, 0.717) is 5.69 Å². The van der Waals surface area contributed by atoms with Crippen molar-refractivity contribution in [1.29, 1.82) is 0 Å². The maximum atomic E-state index is 12.2. The third kappa shape index (κ3) is 3.04. The molecule has 1 aromatic carbocycles. The van der Waals surface area contributed by atoms with E-state index < -0.39 is 5.97 Å². The number of carbonyl (C=O) groups excluding carboxylic acids is 1. The van der Waals surface area contributed by atoms with Crippen LogP contribution in [0.5, 0.6) is 0 Å². The lowest BCUT2D eigenvalue weighted by Gasteiger charge is -2.09. The lowest BCUT2D eigenvalue weighted by molar-refractivity contribution is -0.119. The standard InChI is InChI=1S/C17H17NO3S/c19-16(12-8-4-5-9-12)18-13-10-14(22-15(13)17(20)21)11-6-2-1-3-7-11/h1-3,6-7,10,12H,4-5,8-9H2,(H,18,19)(H,20,21).